The highest BCUT2D eigenvalue weighted by atomic mass is 35.7. The Morgan fingerprint density at radius 2 is 1.89 bits per heavy atom. The minimum atomic E-state index is -3.71. The van der Waals surface area contributed by atoms with Crippen molar-refractivity contribution in [2.45, 2.75) is 32.1 Å². The van der Waals surface area contributed by atoms with Gasteiger partial charge in [-0.15, -0.1) is 0 Å². The van der Waals surface area contributed by atoms with E-state index in [9.17, 15) is 8.42 Å². The molecular formula is C13H19ClO3S2. The van der Waals surface area contributed by atoms with Gasteiger partial charge in [-0.1, -0.05) is 0 Å². The van der Waals surface area contributed by atoms with Crippen LogP contribution in [0.2, 0.25) is 0 Å². The molecule has 6 heteroatoms. The first-order valence-electron chi connectivity index (χ1n) is 5.96. The molecule has 3 nitrogen and oxygen atoms in total. The van der Waals surface area contributed by atoms with Crippen molar-refractivity contribution >= 4 is 31.5 Å². The normalized spacial score (nSPS) is 11.6. The Balaban J connectivity index is 3.06. The highest BCUT2D eigenvalue weighted by molar-refractivity contribution is 8.13. The van der Waals surface area contributed by atoms with E-state index in [0.29, 0.717) is 12.2 Å². The first-order valence-corrected chi connectivity index (χ1v) is 9.66. The number of rotatable bonds is 6. The van der Waals surface area contributed by atoms with Gasteiger partial charge in [-0.2, -0.15) is 11.8 Å². The average Bonchev–Trinajstić information content (AvgIpc) is 2.31. The van der Waals surface area contributed by atoms with Crippen LogP contribution in [-0.2, 0) is 9.05 Å². The summed E-state index contributed by atoms with van der Waals surface area (Å²) in [5, 5.41) is 0. The van der Waals surface area contributed by atoms with E-state index in [1.165, 1.54) is 0 Å². The predicted molar refractivity (Wildman–Crippen MR) is 82.2 cm³/mol. The third-order valence-corrected chi connectivity index (χ3v) is 5.13. The molecule has 0 saturated heterocycles. The summed E-state index contributed by atoms with van der Waals surface area (Å²) in [6.45, 7) is 6.08. The summed E-state index contributed by atoms with van der Waals surface area (Å²) in [6, 6.07) is 1.58. The fourth-order valence-electron chi connectivity index (χ4n) is 1.87. The largest absolute Gasteiger partial charge is 0.493 e. The van der Waals surface area contributed by atoms with Crippen molar-refractivity contribution in [3.63, 3.8) is 0 Å². The van der Waals surface area contributed by atoms with Gasteiger partial charge in [-0.25, -0.2) is 8.42 Å². The molecule has 0 heterocycles. The topological polar surface area (TPSA) is 43.4 Å². The van der Waals surface area contributed by atoms with E-state index < -0.39 is 9.05 Å². The average molecular weight is 323 g/mol. The van der Waals surface area contributed by atoms with Crippen LogP contribution in [-0.4, -0.2) is 27.0 Å². The van der Waals surface area contributed by atoms with Gasteiger partial charge in [-0.05, 0) is 62.0 Å². The van der Waals surface area contributed by atoms with Gasteiger partial charge in [0.1, 0.15) is 5.75 Å². The zero-order chi connectivity index (χ0) is 14.6. The van der Waals surface area contributed by atoms with E-state index in [1.807, 2.05) is 13.8 Å². The Morgan fingerprint density at radius 3 is 2.42 bits per heavy atom. The van der Waals surface area contributed by atoms with Gasteiger partial charge in [0, 0.05) is 10.7 Å². The van der Waals surface area contributed by atoms with E-state index in [4.69, 9.17) is 15.4 Å². The van der Waals surface area contributed by atoms with Crippen molar-refractivity contribution in [1.82, 2.24) is 0 Å². The number of hydrogen-bond donors (Lipinski definition) is 0. The summed E-state index contributed by atoms with van der Waals surface area (Å²) in [6.07, 6.45) is 3.02. The fourth-order valence-corrected chi connectivity index (χ4v) is 3.60. The number of aryl methyl sites for hydroxylation is 1. The van der Waals surface area contributed by atoms with Gasteiger partial charge in [-0.3, -0.25) is 0 Å². The summed E-state index contributed by atoms with van der Waals surface area (Å²) in [5.41, 5.74) is 2.29. The summed E-state index contributed by atoms with van der Waals surface area (Å²) < 4.78 is 28.7. The standard InChI is InChI=1S/C13H19ClO3S2/c1-9-8-12(19(14,15)16)10(2)11(3)13(9)17-6-5-7-18-4/h8H,5-7H2,1-4H3. The summed E-state index contributed by atoms with van der Waals surface area (Å²) in [4.78, 5) is 0.167. The molecule has 0 bridgehead atoms. The van der Waals surface area contributed by atoms with Crippen LogP contribution < -0.4 is 4.74 Å². The number of ether oxygens (including phenoxy) is 1. The van der Waals surface area contributed by atoms with Gasteiger partial charge in [0.25, 0.3) is 9.05 Å². The summed E-state index contributed by atoms with van der Waals surface area (Å²) >= 11 is 1.78. The molecule has 0 amide bonds. The quantitative estimate of drug-likeness (QED) is 0.592. The van der Waals surface area contributed by atoms with Crippen molar-refractivity contribution in [2.75, 3.05) is 18.6 Å². The molecule has 0 atom stereocenters. The Kier molecular flexibility index (Phi) is 6.02. The Labute approximate surface area is 124 Å². The smallest absolute Gasteiger partial charge is 0.261 e. The molecule has 0 spiro atoms. The Morgan fingerprint density at radius 1 is 1.26 bits per heavy atom. The summed E-state index contributed by atoms with van der Waals surface area (Å²) in [5.74, 6) is 1.81. The third-order valence-electron chi connectivity index (χ3n) is 2.98. The minimum Gasteiger partial charge on any atom is -0.493 e. The molecule has 0 fully saturated rings. The van der Waals surface area contributed by atoms with E-state index in [1.54, 1.807) is 24.8 Å². The Hall–Kier alpha value is -0.390. The monoisotopic (exact) mass is 322 g/mol. The highest BCUT2D eigenvalue weighted by Crippen LogP contribution is 2.32. The van der Waals surface area contributed by atoms with Crippen molar-refractivity contribution in [2.24, 2.45) is 0 Å². The lowest BCUT2D eigenvalue weighted by atomic mass is 10.1. The maximum absolute atomic E-state index is 11.5. The van der Waals surface area contributed by atoms with Crippen molar-refractivity contribution in [3.05, 3.63) is 22.8 Å². The van der Waals surface area contributed by atoms with Crippen LogP contribution in [0.15, 0.2) is 11.0 Å². The van der Waals surface area contributed by atoms with E-state index in [-0.39, 0.29) is 4.90 Å². The van der Waals surface area contributed by atoms with Gasteiger partial charge >= 0.3 is 0 Å². The molecule has 0 aliphatic carbocycles. The van der Waals surface area contributed by atoms with E-state index in [2.05, 4.69) is 6.26 Å². The van der Waals surface area contributed by atoms with E-state index >= 15 is 0 Å². The number of thioether (sulfide) groups is 1. The lowest BCUT2D eigenvalue weighted by molar-refractivity contribution is 0.314. The zero-order valence-corrected chi connectivity index (χ0v) is 14.0. The molecule has 1 aromatic rings. The highest BCUT2D eigenvalue weighted by Gasteiger charge is 2.19. The lowest BCUT2D eigenvalue weighted by Gasteiger charge is -2.16. The first-order chi connectivity index (χ1) is 8.79. The van der Waals surface area contributed by atoms with Crippen molar-refractivity contribution in [1.29, 1.82) is 0 Å². The molecule has 0 aromatic heterocycles. The van der Waals surface area contributed by atoms with Crippen LogP contribution in [0, 0.1) is 20.8 Å². The predicted octanol–water partition coefficient (Wildman–Crippen LogP) is 3.67. The molecule has 1 aromatic carbocycles. The molecule has 19 heavy (non-hydrogen) atoms. The van der Waals surface area contributed by atoms with Crippen molar-refractivity contribution < 1.29 is 13.2 Å². The SMILES string of the molecule is CSCCCOc1c(C)cc(S(=O)(=O)Cl)c(C)c1C. The molecule has 0 aliphatic heterocycles. The minimum absolute atomic E-state index is 0.167. The molecule has 0 aliphatic rings. The van der Waals surface area contributed by atoms with Gasteiger partial charge in [0.2, 0.25) is 0 Å². The molecule has 1 rings (SSSR count). The molecule has 0 radical (unpaired) electrons. The fraction of sp³-hybridized carbons (Fsp3) is 0.538. The van der Waals surface area contributed by atoms with Crippen LogP contribution in [0.3, 0.4) is 0 Å². The molecular weight excluding hydrogens is 304 g/mol. The number of hydrogen-bond acceptors (Lipinski definition) is 4. The van der Waals surface area contributed by atoms with Crippen LogP contribution in [0.5, 0.6) is 5.75 Å². The second-order valence-corrected chi connectivity index (χ2v) is 7.92. The second-order valence-electron chi connectivity index (χ2n) is 4.40. The van der Waals surface area contributed by atoms with E-state index in [0.717, 1.165) is 29.1 Å². The van der Waals surface area contributed by atoms with Gasteiger partial charge in [0.15, 0.2) is 0 Å². The zero-order valence-electron chi connectivity index (χ0n) is 11.6. The number of benzene rings is 1. The molecule has 0 N–H and O–H groups in total. The van der Waals surface area contributed by atoms with Crippen LogP contribution in [0.1, 0.15) is 23.1 Å². The second kappa shape index (κ2) is 6.86. The number of halogens is 1. The van der Waals surface area contributed by atoms with Crippen LogP contribution in [0.25, 0.3) is 0 Å². The third kappa shape index (κ3) is 4.29. The maximum Gasteiger partial charge on any atom is 0.261 e. The molecule has 0 saturated carbocycles. The van der Waals surface area contributed by atoms with Gasteiger partial charge in [0.05, 0.1) is 11.5 Å². The maximum atomic E-state index is 11.5. The first kappa shape index (κ1) is 16.7. The molecule has 0 unspecified atom stereocenters. The lowest BCUT2D eigenvalue weighted by Crippen LogP contribution is -2.05. The van der Waals surface area contributed by atoms with Crippen molar-refractivity contribution in [3.8, 4) is 5.75 Å². The summed E-state index contributed by atoms with van der Waals surface area (Å²) in [7, 11) is 1.72. The van der Waals surface area contributed by atoms with Crippen LogP contribution in [0.4, 0.5) is 0 Å². The molecule has 108 valence electrons. The van der Waals surface area contributed by atoms with Crippen LogP contribution >= 0.6 is 22.4 Å². The van der Waals surface area contributed by atoms with Gasteiger partial charge < -0.3 is 4.74 Å². The Bertz CT molecular complexity index is 553.